The molecule has 1 aromatic rings. The zero-order valence-electron chi connectivity index (χ0n) is 10.0. The van der Waals surface area contributed by atoms with Crippen molar-refractivity contribution in [2.45, 2.75) is 31.8 Å². The largest absolute Gasteiger partial charge is 0.492 e. The minimum absolute atomic E-state index is 0.220. The molecule has 1 saturated carbocycles. The molecule has 0 aromatic heterocycles. The van der Waals surface area contributed by atoms with Gasteiger partial charge in [0, 0.05) is 12.1 Å². The molecule has 2 heterocycles. The van der Waals surface area contributed by atoms with Crippen LogP contribution in [0.4, 0.5) is 4.39 Å². The van der Waals surface area contributed by atoms with E-state index in [2.05, 4.69) is 12.2 Å². The number of fused-ring (bicyclic) bond motifs is 2. The molecular weight excluding hydrogens is 217 g/mol. The highest BCUT2D eigenvalue weighted by Crippen LogP contribution is 2.40. The minimum Gasteiger partial charge on any atom is -0.492 e. The second kappa shape index (κ2) is 4.30. The lowest BCUT2D eigenvalue weighted by Gasteiger charge is -2.50. The van der Waals surface area contributed by atoms with Crippen molar-refractivity contribution in [2.75, 3.05) is 6.61 Å². The lowest BCUT2D eigenvalue weighted by atomic mass is 9.66. The first-order valence-electron chi connectivity index (χ1n) is 6.37. The molecule has 17 heavy (non-hydrogen) atoms. The third kappa shape index (κ3) is 2.16. The number of hydrogen-bond acceptors (Lipinski definition) is 2. The maximum Gasteiger partial charge on any atom is 0.123 e. The second-order valence-electron chi connectivity index (χ2n) is 5.33. The van der Waals surface area contributed by atoms with Crippen LogP contribution in [0, 0.1) is 17.7 Å². The zero-order valence-corrected chi connectivity index (χ0v) is 10.0. The van der Waals surface area contributed by atoms with Crippen molar-refractivity contribution in [3.8, 4) is 5.75 Å². The summed E-state index contributed by atoms with van der Waals surface area (Å²) in [7, 11) is 0. The summed E-state index contributed by atoms with van der Waals surface area (Å²) < 4.78 is 18.4. The number of ether oxygens (including phenoxy) is 1. The average Bonchev–Trinajstić information content (AvgIpc) is 2.28. The van der Waals surface area contributed by atoms with E-state index in [-0.39, 0.29) is 5.82 Å². The van der Waals surface area contributed by atoms with Gasteiger partial charge >= 0.3 is 0 Å². The van der Waals surface area contributed by atoms with Gasteiger partial charge in [-0.05, 0) is 48.9 Å². The first-order valence-corrected chi connectivity index (χ1v) is 6.37. The normalized spacial score (nSPS) is 35.2. The van der Waals surface area contributed by atoms with E-state index in [1.807, 2.05) is 0 Å². The highest BCUT2D eigenvalue weighted by atomic mass is 19.1. The fraction of sp³-hybridized carbons (Fsp3) is 0.571. The molecule has 1 aliphatic carbocycles. The standard InChI is InChI=1S/C14H18FNO/c1-9-10-6-12(7-10)16-14(9)8-17-13-4-2-11(15)3-5-13/h2-5,9-10,12,14,16H,6-8H2,1H3/t9-,10?,12?,14-/m1/s1. The molecule has 0 spiro atoms. The summed E-state index contributed by atoms with van der Waals surface area (Å²) in [4.78, 5) is 0. The van der Waals surface area contributed by atoms with Crippen molar-refractivity contribution in [1.29, 1.82) is 0 Å². The van der Waals surface area contributed by atoms with Gasteiger partial charge in [0.25, 0.3) is 0 Å². The summed E-state index contributed by atoms with van der Waals surface area (Å²) in [5.41, 5.74) is 0. The van der Waals surface area contributed by atoms with Crippen molar-refractivity contribution in [2.24, 2.45) is 11.8 Å². The fourth-order valence-electron chi connectivity index (χ4n) is 2.93. The van der Waals surface area contributed by atoms with Gasteiger partial charge in [-0.3, -0.25) is 0 Å². The van der Waals surface area contributed by atoms with E-state index in [4.69, 9.17) is 4.74 Å². The molecule has 1 N–H and O–H groups in total. The van der Waals surface area contributed by atoms with Gasteiger partial charge in [0.2, 0.25) is 0 Å². The molecule has 2 nitrogen and oxygen atoms in total. The van der Waals surface area contributed by atoms with Crippen LogP contribution in [0.1, 0.15) is 19.8 Å². The number of benzene rings is 1. The van der Waals surface area contributed by atoms with Crippen molar-refractivity contribution < 1.29 is 9.13 Å². The molecule has 2 saturated heterocycles. The summed E-state index contributed by atoms with van der Waals surface area (Å²) in [6.07, 6.45) is 2.66. The SMILES string of the molecule is C[C@@H]1C2CC(C2)N[C@@H]1COc1ccc(F)cc1. The Labute approximate surface area is 101 Å². The van der Waals surface area contributed by atoms with Crippen LogP contribution in [0.3, 0.4) is 0 Å². The summed E-state index contributed by atoms with van der Waals surface area (Å²) in [5.74, 6) is 2.09. The lowest BCUT2D eigenvalue weighted by molar-refractivity contribution is 0.0334. The van der Waals surface area contributed by atoms with Gasteiger partial charge in [-0.25, -0.2) is 4.39 Å². The van der Waals surface area contributed by atoms with Crippen LogP contribution in [0.5, 0.6) is 5.75 Å². The quantitative estimate of drug-likeness (QED) is 0.869. The molecule has 2 atom stereocenters. The van der Waals surface area contributed by atoms with E-state index >= 15 is 0 Å². The van der Waals surface area contributed by atoms with E-state index in [0.717, 1.165) is 11.7 Å². The minimum atomic E-state index is -0.220. The Morgan fingerprint density at radius 2 is 2.00 bits per heavy atom. The van der Waals surface area contributed by atoms with Crippen molar-refractivity contribution in [1.82, 2.24) is 5.32 Å². The molecule has 1 aromatic carbocycles. The van der Waals surface area contributed by atoms with Gasteiger partial charge in [0.05, 0.1) is 0 Å². The molecule has 0 radical (unpaired) electrons. The lowest BCUT2D eigenvalue weighted by Crippen LogP contribution is -2.60. The van der Waals surface area contributed by atoms with E-state index in [9.17, 15) is 4.39 Å². The third-order valence-electron chi connectivity index (χ3n) is 4.25. The first kappa shape index (κ1) is 11.0. The zero-order chi connectivity index (χ0) is 11.8. The summed E-state index contributed by atoms with van der Waals surface area (Å²) in [5, 5.41) is 3.61. The van der Waals surface area contributed by atoms with Crippen LogP contribution in [0.2, 0.25) is 0 Å². The molecule has 3 aliphatic rings. The number of nitrogens with one attached hydrogen (secondary N) is 1. The maximum absolute atomic E-state index is 12.7. The Hall–Kier alpha value is -1.09. The van der Waals surface area contributed by atoms with E-state index in [1.165, 1.54) is 25.0 Å². The molecule has 2 bridgehead atoms. The van der Waals surface area contributed by atoms with Gasteiger partial charge in [-0.1, -0.05) is 6.92 Å². The Kier molecular flexibility index (Phi) is 2.79. The van der Waals surface area contributed by atoms with Crippen LogP contribution in [-0.2, 0) is 0 Å². The summed E-state index contributed by atoms with van der Waals surface area (Å²) in [6.45, 7) is 2.98. The van der Waals surface area contributed by atoms with Gasteiger partial charge < -0.3 is 10.1 Å². The van der Waals surface area contributed by atoms with Crippen LogP contribution >= 0.6 is 0 Å². The maximum atomic E-state index is 12.7. The predicted octanol–water partition coefficient (Wildman–Crippen LogP) is 2.59. The van der Waals surface area contributed by atoms with Crippen LogP contribution in [0.15, 0.2) is 24.3 Å². The van der Waals surface area contributed by atoms with E-state index in [1.54, 1.807) is 12.1 Å². The monoisotopic (exact) mass is 235 g/mol. The fourth-order valence-corrected chi connectivity index (χ4v) is 2.93. The Morgan fingerprint density at radius 1 is 1.29 bits per heavy atom. The van der Waals surface area contributed by atoms with Gasteiger partial charge in [0.15, 0.2) is 0 Å². The van der Waals surface area contributed by atoms with Crippen molar-refractivity contribution >= 4 is 0 Å². The Bertz CT molecular complexity index is 386. The molecule has 0 unspecified atom stereocenters. The first-order chi connectivity index (χ1) is 8.22. The van der Waals surface area contributed by atoms with Crippen LogP contribution < -0.4 is 10.1 Å². The van der Waals surface area contributed by atoms with Gasteiger partial charge in [0.1, 0.15) is 18.2 Å². The van der Waals surface area contributed by atoms with Gasteiger partial charge in [-0.15, -0.1) is 0 Å². The predicted molar refractivity (Wildman–Crippen MR) is 64.5 cm³/mol. The summed E-state index contributed by atoms with van der Waals surface area (Å²) in [6, 6.07) is 7.39. The molecule has 0 amide bonds. The Balaban J connectivity index is 1.55. The Morgan fingerprint density at radius 3 is 2.65 bits per heavy atom. The molecule has 3 fully saturated rings. The molecule has 92 valence electrons. The number of piperidine rings is 2. The van der Waals surface area contributed by atoms with Gasteiger partial charge in [-0.2, -0.15) is 0 Å². The van der Waals surface area contributed by atoms with E-state index < -0.39 is 0 Å². The van der Waals surface area contributed by atoms with Crippen molar-refractivity contribution in [3.05, 3.63) is 30.1 Å². The molecule has 3 heteroatoms. The average molecular weight is 235 g/mol. The van der Waals surface area contributed by atoms with E-state index in [0.29, 0.717) is 24.6 Å². The topological polar surface area (TPSA) is 21.3 Å². The molecule has 4 rings (SSSR count). The van der Waals surface area contributed by atoms with Crippen molar-refractivity contribution in [3.63, 3.8) is 0 Å². The smallest absolute Gasteiger partial charge is 0.123 e. The second-order valence-corrected chi connectivity index (χ2v) is 5.33. The molecule has 2 aliphatic heterocycles. The highest BCUT2D eigenvalue weighted by Gasteiger charge is 2.43. The summed E-state index contributed by atoms with van der Waals surface area (Å²) >= 11 is 0. The number of hydrogen-bond donors (Lipinski definition) is 1. The van der Waals surface area contributed by atoms with Crippen LogP contribution in [-0.4, -0.2) is 18.7 Å². The number of halogens is 1. The molecular formula is C14H18FNO. The third-order valence-corrected chi connectivity index (χ3v) is 4.25. The number of rotatable bonds is 3. The van der Waals surface area contributed by atoms with Crippen LogP contribution in [0.25, 0.3) is 0 Å². The highest BCUT2D eigenvalue weighted by molar-refractivity contribution is 5.22.